The number of carbonyl (C=O) groups excluding carboxylic acids is 1. The third-order valence-electron chi connectivity index (χ3n) is 3.39. The summed E-state index contributed by atoms with van der Waals surface area (Å²) >= 11 is 0. The van der Waals surface area contributed by atoms with Crippen molar-refractivity contribution in [1.29, 1.82) is 0 Å². The van der Waals surface area contributed by atoms with Crippen molar-refractivity contribution in [3.63, 3.8) is 0 Å². The molecule has 98 valence electrons. The molecule has 0 N–H and O–H groups in total. The van der Waals surface area contributed by atoms with Crippen LogP contribution in [0, 0.1) is 0 Å². The van der Waals surface area contributed by atoms with Gasteiger partial charge >= 0.3 is 0 Å². The predicted molar refractivity (Wildman–Crippen MR) is 73.0 cm³/mol. The lowest BCUT2D eigenvalue weighted by Gasteiger charge is -2.33. The lowest BCUT2D eigenvalue weighted by Crippen LogP contribution is -2.47. The number of nitrogens with zero attached hydrogens (tertiary/aromatic N) is 2. The fourth-order valence-electron chi connectivity index (χ4n) is 2.16. The zero-order valence-corrected chi connectivity index (χ0v) is 10.9. The van der Waals surface area contributed by atoms with Gasteiger partial charge < -0.3 is 9.64 Å². The number of amides is 1. The number of ether oxygens (including phenoxy) is 1. The van der Waals surface area contributed by atoms with Crippen LogP contribution in [0.25, 0.3) is 10.9 Å². The molecule has 0 bridgehead atoms. The minimum Gasteiger partial charge on any atom is -0.479 e. The van der Waals surface area contributed by atoms with Crippen molar-refractivity contribution >= 4 is 16.8 Å². The molecule has 2 aromatic rings. The minimum absolute atomic E-state index is 0.0550. The van der Waals surface area contributed by atoms with E-state index in [1.807, 2.05) is 35.2 Å². The summed E-state index contributed by atoms with van der Waals surface area (Å²) in [7, 11) is 0. The topological polar surface area (TPSA) is 42.4 Å². The molecule has 4 heteroatoms. The van der Waals surface area contributed by atoms with Gasteiger partial charge in [-0.05, 0) is 25.5 Å². The molecule has 0 radical (unpaired) electrons. The molecule has 1 amide bonds. The fourth-order valence-corrected chi connectivity index (χ4v) is 2.16. The van der Waals surface area contributed by atoms with Gasteiger partial charge in [-0.2, -0.15) is 0 Å². The molecular formula is C15H16N2O2. The molecule has 19 heavy (non-hydrogen) atoms. The first-order valence-electron chi connectivity index (χ1n) is 6.54. The van der Waals surface area contributed by atoms with E-state index in [1.54, 1.807) is 13.1 Å². The van der Waals surface area contributed by atoms with Crippen LogP contribution in [0.1, 0.15) is 13.3 Å². The van der Waals surface area contributed by atoms with Gasteiger partial charge in [0, 0.05) is 18.5 Å². The first-order chi connectivity index (χ1) is 9.24. The van der Waals surface area contributed by atoms with Gasteiger partial charge in [0.15, 0.2) is 6.10 Å². The zero-order chi connectivity index (χ0) is 13.2. The number of aromatic nitrogens is 1. The monoisotopic (exact) mass is 256 g/mol. The van der Waals surface area contributed by atoms with Crippen LogP contribution in [-0.2, 0) is 4.79 Å². The third kappa shape index (κ3) is 2.38. The Labute approximate surface area is 112 Å². The number of benzene rings is 1. The van der Waals surface area contributed by atoms with E-state index in [4.69, 9.17) is 4.74 Å². The molecule has 0 spiro atoms. The van der Waals surface area contributed by atoms with Crippen LogP contribution in [-0.4, -0.2) is 35.0 Å². The number of hydrogen-bond donors (Lipinski definition) is 0. The number of carbonyl (C=O) groups is 1. The Hall–Kier alpha value is -2.10. The van der Waals surface area contributed by atoms with Gasteiger partial charge in [0.05, 0.1) is 11.7 Å². The van der Waals surface area contributed by atoms with Crippen molar-refractivity contribution in [3.05, 3.63) is 36.5 Å². The molecule has 1 aliphatic rings. The molecule has 1 atom stereocenters. The Morgan fingerprint density at radius 3 is 2.89 bits per heavy atom. The highest BCUT2D eigenvalue weighted by Crippen LogP contribution is 2.20. The second-order valence-electron chi connectivity index (χ2n) is 4.80. The quantitative estimate of drug-likeness (QED) is 0.845. The molecule has 1 fully saturated rings. The van der Waals surface area contributed by atoms with Crippen molar-refractivity contribution in [3.8, 4) is 5.75 Å². The zero-order valence-electron chi connectivity index (χ0n) is 10.9. The Morgan fingerprint density at radius 2 is 2.16 bits per heavy atom. The summed E-state index contributed by atoms with van der Waals surface area (Å²) in [5, 5.41) is 1.02. The summed E-state index contributed by atoms with van der Waals surface area (Å²) in [6.07, 6.45) is 2.31. The molecule has 4 nitrogen and oxygen atoms in total. The summed E-state index contributed by atoms with van der Waals surface area (Å²) in [5.74, 6) is 0.694. The normalized spacial score (nSPS) is 15.9. The van der Waals surface area contributed by atoms with Gasteiger partial charge in [0.25, 0.3) is 5.91 Å². The average molecular weight is 256 g/mol. The average Bonchev–Trinajstić information content (AvgIpc) is 2.36. The molecule has 1 aromatic heterocycles. The van der Waals surface area contributed by atoms with E-state index >= 15 is 0 Å². The molecule has 1 saturated heterocycles. The molecule has 3 rings (SSSR count). The molecule has 0 saturated carbocycles. The van der Waals surface area contributed by atoms with Gasteiger partial charge in [-0.3, -0.25) is 9.78 Å². The predicted octanol–water partition coefficient (Wildman–Crippen LogP) is 2.23. The Bertz CT molecular complexity index is 608. The highest BCUT2D eigenvalue weighted by Gasteiger charge is 2.26. The van der Waals surface area contributed by atoms with Crippen LogP contribution in [0.3, 0.4) is 0 Å². The van der Waals surface area contributed by atoms with Gasteiger partial charge in [-0.25, -0.2) is 0 Å². The number of rotatable bonds is 3. The van der Waals surface area contributed by atoms with E-state index in [-0.39, 0.29) is 5.91 Å². The summed E-state index contributed by atoms with van der Waals surface area (Å²) in [4.78, 5) is 18.1. The lowest BCUT2D eigenvalue weighted by molar-refractivity contribution is -0.141. The van der Waals surface area contributed by atoms with Gasteiger partial charge in [-0.15, -0.1) is 0 Å². The van der Waals surface area contributed by atoms with E-state index < -0.39 is 6.10 Å². The standard InChI is InChI=1S/C15H16N2O2/c1-11(15(18)17-7-4-8-17)19-13-9-12-5-2-3-6-14(12)16-10-13/h2-3,5-6,9-11H,4,7-8H2,1H3/t11-/m0/s1. The molecule has 2 heterocycles. The Morgan fingerprint density at radius 1 is 1.37 bits per heavy atom. The maximum Gasteiger partial charge on any atom is 0.263 e. The van der Waals surface area contributed by atoms with E-state index in [9.17, 15) is 4.79 Å². The van der Waals surface area contributed by atoms with E-state index in [0.29, 0.717) is 5.75 Å². The third-order valence-corrected chi connectivity index (χ3v) is 3.39. The molecule has 0 aliphatic carbocycles. The highest BCUT2D eigenvalue weighted by atomic mass is 16.5. The maximum absolute atomic E-state index is 12.0. The summed E-state index contributed by atoms with van der Waals surface area (Å²) in [5.41, 5.74) is 0.927. The van der Waals surface area contributed by atoms with Crippen molar-refractivity contribution in [2.75, 3.05) is 13.1 Å². The van der Waals surface area contributed by atoms with E-state index in [0.717, 1.165) is 30.4 Å². The van der Waals surface area contributed by atoms with Crippen LogP contribution < -0.4 is 4.74 Å². The largest absolute Gasteiger partial charge is 0.479 e. The number of hydrogen-bond acceptors (Lipinski definition) is 3. The van der Waals surface area contributed by atoms with Crippen molar-refractivity contribution in [1.82, 2.24) is 9.88 Å². The highest BCUT2D eigenvalue weighted by molar-refractivity contribution is 5.82. The maximum atomic E-state index is 12.0. The summed E-state index contributed by atoms with van der Waals surface area (Å²) < 4.78 is 5.69. The van der Waals surface area contributed by atoms with Crippen molar-refractivity contribution in [2.45, 2.75) is 19.4 Å². The molecule has 1 aromatic carbocycles. The second kappa shape index (κ2) is 4.88. The van der Waals surface area contributed by atoms with Crippen molar-refractivity contribution < 1.29 is 9.53 Å². The Balaban J connectivity index is 1.75. The van der Waals surface area contributed by atoms with Crippen LogP contribution in [0.5, 0.6) is 5.75 Å². The first-order valence-corrected chi connectivity index (χ1v) is 6.54. The first kappa shape index (κ1) is 12.0. The smallest absolute Gasteiger partial charge is 0.263 e. The molecule has 1 aliphatic heterocycles. The van der Waals surface area contributed by atoms with E-state index in [2.05, 4.69) is 4.98 Å². The number of pyridine rings is 1. The van der Waals surface area contributed by atoms with Crippen LogP contribution in [0.4, 0.5) is 0 Å². The van der Waals surface area contributed by atoms with Crippen LogP contribution in [0.15, 0.2) is 36.5 Å². The fraction of sp³-hybridized carbons (Fsp3) is 0.333. The summed E-state index contributed by atoms with van der Waals surface area (Å²) in [6.45, 7) is 3.49. The SMILES string of the molecule is C[C@H](Oc1cnc2ccccc2c1)C(=O)N1CCC1. The van der Waals surface area contributed by atoms with Crippen molar-refractivity contribution in [2.24, 2.45) is 0 Å². The molecule has 0 unspecified atom stereocenters. The Kier molecular flexibility index (Phi) is 3.07. The number of likely N-dealkylation sites (tertiary alicyclic amines) is 1. The van der Waals surface area contributed by atoms with Gasteiger partial charge in [0.1, 0.15) is 5.75 Å². The number of fused-ring (bicyclic) bond motifs is 1. The summed E-state index contributed by atoms with van der Waals surface area (Å²) in [6, 6.07) is 9.77. The van der Waals surface area contributed by atoms with E-state index in [1.165, 1.54) is 0 Å². The van der Waals surface area contributed by atoms with Gasteiger partial charge in [0.2, 0.25) is 0 Å². The minimum atomic E-state index is -0.455. The van der Waals surface area contributed by atoms with Crippen LogP contribution in [0.2, 0.25) is 0 Å². The number of para-hydroxylation sites is 1. The molecular weight excluding hydrogens is 240 g/mol. The van der Waals surface area contributed by atoms with Crippen LogP contribution >= 0.6 is 0 Å². The van der Waals surface area contributed by atoms with Gasteiger partial charge in [-0.1, -0.05) is 18.2 Å². The lowest BCUT2D eigenvalue weighted by atomic mass is 10.2. The second-order valence-corrected chi connectivity index (χ2v) is 4.80.